The number of amides is 1. The molecular weight excluding hydrogens is 262 g/mol. The molecule has 0 bridgehead atoms. The lowest BCUT2D eigenvalue weighted by Gasteiger charge is -2.53. The second-order valence-electron chi connectivity index (χ2n) is 5.85. The zero-order chi connectivity index (χ0) is 14.3. The lowest BCUT2D eigenvalue weighted by molar-refractivity contribution is -0.139. The van der Waals surface area contributed by atoms with E-state index in [2.05, 4.69) is 27.3 Å². The van der Waals surface area contributed by atoms with Gasteiger partial charge in [-0.25, -0.2) is 0 Å². The maximum atomic E-state index is 12.6. The molecule has 1 aromatic carbocycles. The number of nitrogens with one attached hydrogen (secondary N) is 1. The Morgan fingerprint density at radius 1 is 1.24 bits per heavy atom. The van der Waals surface area contributed by atoms with Crippen LogP contribution in [0.5, 0.6) is 0 Å². The van der Waals surface area contributed by atoms with Gasteiger partial charge in [0.25, 0.3) is 0 Å². The number of rotatable bonds is 2. The van der Waals surface area contributed by atoms with E-state index in [1.165, 1.54) is 5.56 Å². The normalized spacial score (nSPS) is 24.3. The van der Waals surface area contributed by atoms with Gasteiger partial charge in [0, 0.05) is 37.6 Å². The van der Waals surface area contributed by atoms with Crippen molar-refractivity contribution in [1.82, 2.24) is 9.88 Å². The Kier molecular flexibility index (Phi) is 2.79. The SMILES string of the molecule is O=C1Nc2ccccc2CC12CCN2Cc1cccnc1. The van der Waals surface area contributed by atoms with Crippen LogP contribution in [-0.2, 0) is 17.8 Å². The van der Waals surface area contributed by atoms with Gasteiger partial charge in [-0.3, -0.25) is 14.7 Å². The number of fused-ring (bicyclic) bond motifs is 1. The van der Waals surface area contributed by atoms with Gasteiger partial charge >= 0.3 is 0 Å². The molecule has 4 rings (SSSR count). The fraction of sp³-hybridized carbons (Fsp3) is 0.294. The first kappa shape index (κ1) is 12.5. The fourth-order valence-electron chi connectivity index (χ4n) is 3.37. The zero-order valence-corrected chi connectivity index (χ0v) is 11.7. The van der Waals surface area contributed by atoms with Crippen molar-refractivity contribution >= 4 is 11.6 Å². The summed E-state index contributed by atoms with van der Waals surface area (Å²) < 4.78 is 0. The summed E-state index contributed by atoms with van der Waals surface area (Å²) in [6.07, 6.45) is 5.38. The molecule has 1 unspecified atom stereocenters. The number of likely N-dealkylation sites (tertiary alicyclic amines) is 1. The highest BCUT2D eigenvalue weighted by Gasteiger charge is 2.52. The van der Waals surface area contributed by atoms with Gasteiger partial charge < -0.3 is 5.32 Å². The molecular formula is C17H17N3O. The number of benzene rings is 1. The molecule has 1 N–H and O–H groups in total. The van der Waals surface area contributed by atoms with Crippen molar-refractivity contribution in [3.05, 3.63) is 59.9 Å². The van der Waals surface area contributed by atoms with E-state index in [9.17, 15) is 4.79 Å². The molecule has 1 aromatic heterocycles. The van der Waals surface area contributed by atoms with Gasteiger partial charge in [0.15, 0.2) is 0 Å². The van der Waals surface area contributed by atoms with Gasteiger partial charge in [-0.15, -0.1) is 0 Å². The molecule has 2 aliphatic heterocycles. The summed E-state index contributed by atoms with van der Waals surface area (Å²) >= 11 is 0. The van der Waals surface area contributed by atoms with E-state index in [0.717, 1.165) is 37.2 Å². The van der Waals surface area contributed by atoms with Crippen molar-refractivity contribution in [2.24, 2.45) is 0 Å². The molecule has 4 heteroatoms. The Balaban J connectivity index is 1.61. The summed E-state index contributed by atoms with van der Waals surface area (Å²) in [6.45, 7) is 1.74. The topological polar surface area (TPSA) is 45.2 Å². The van der Waals surface area contributed by atoms with Crippen LogP contribution in [0, 0.1) is 0 Å². The van der Waals surface area contributed by atoms with Crippen molar-refractivity contribution in [2.45, 2.75) is 24.9 Å². The first-order chi connectivity index (χ1) is 10.3. The third-order valence-electron chi connectivity index (χ3n) is 4.67. The van der Waals surface area contributed by atoms with Gasteiger partial charge in [-0.05, 0) is 29.7 Å². The second kappa shape index (κ2) is 4.67. The maximum absolute atomic E-state index is 12.6. The fourth-order valence-corrected chi connectivity index (χ4v) is 3.37. The van der Waals surface area contributed by atoms with Gasteiger partial charge in [-0.2, -0.15) is 0 Å². The number of aromatic nitrogens is 1. The van der Waals surface area contributed by atoms with Crippen LogP contribution in [0.15, 0.2) is 48.8 Å². The largest absolute Gasteiger partial charge is 0.324 e. The first-order valence-electron chi connectivity index (χ1n) is 7.31. The Morgan fingerprint density at radius 2 is 2.14 bits per heavy atom. The molecule has 1 saturated heterocycles. The van der Waals surface area contributed by atoms with Crippen molar-refractivity contribution in [1.29, 1.82) is 0 Å². The van der Waals surface area contributed by atoms with Crippen LogP contribution in [0.3, 0.4) is 0 Å². The monoisotopic (exact) mass is 279 g/mol. The molecule has 1 amide bonds. The number of carbonyl (C=O) groups excluding carboxylic acids is 1. The summed E-state index contributed by atoms with van der Waals surface area (Å²) in [6, 6.07) is 12.1. The third-order valence-corrected chi connectivity index (χ3v) is 4.67. The highest BCUT2D eigenvalue weighted by atomic mass is 16.2. The quantitative estimate of drug-likeness (QED) is 0.917. The third kappa shape index (κ3) is 1.94. The molecule has 4 nitrogen and oxygen atoms in total. The number of anilines is 1. The molecule has 1 spiro atoms. The van der Waals surface area contributed by atoms with E-state index in [1.807, 2.05) is 30.5 Å². The first-order valence-corrected chi connectivity index (χ1v) is 7.31. The standard InChI is InChI=1S/C17H17N3O/c21-16-17(10-14-5-1-2-6-15(14)19-16)7-9-20(17)12-13-4-3-8-18-11-13/h1-6,8,11H,7,9-10,12H2,(H,19,21). The Hall–Kier alpha value is -2.20. The molecule has 2 aromatic rings. The van der Waals surface area contributed by atoms with Crippen LogP contribution in [-0.4, -0.2) is 27.9 Å². The Bertz CT molecular complexity index is 685. The summed E-state index contributed by atoms with van der Waals surface area (Å²) in [5.41, 5.74) is 2.97. The minimum atomic E-state index is -0.371. The molecule has 2 aliphatic rings. The lowest BCUT2D eigenvalue weighted by Crippen LogP contribution is -2.68. The van der Waals surface area contributed by atoms with Crippen LogP contribution < -0.4 is 5.32 Å². The van der Waals surface area contributed by atoms with E-state index < -0.39 is 0 Å². The van der Waals surface area contributed by atoms with Gasteiger partial charge in [0.05, 0.1) is 0 Å². The van der Waals surface area contributed by atoms with Crippen molar-refractivity contribution in [2.75, 3.05) is 11.9 Å². The van der Waals surface area contributed by atoms with Crippen molar-refractivity contribution < 1.29 is 4.79 Å². The second-order valence-corrected chi connectivity index (χ2v) is 5.85. The highest BCUT2D eigenvalue weighted by molar-refractivity contribution is 6.01. The Morgan fingerprint density at radius 3 is 2.90 bits per heavy atom. The van der Waals surface area contributed by atoms with Gasteiger partial charge in [0.1, 0.15) is 5.54 Å². The average molecular weight is 279 g/mol. The van der Waals surface area contributed by atoms with Crippen molar-refractivity contribution in [3.8, 4) is 0 Å². The highest BCUT2D eigenvalue weighted by Crippen LogP contribution is 2.40. The summed E-state index contributed by atoms with van der Waals surface area (Å²) in [5, 5.41) is 3.07. The molecule has 21 heavy (non-hydrogen) atoms. The van der Waals surface area contributed by atoms with Crippen LogP contribution in [0.1, 0.15) is 17.5 Å². The van der Waals surface area contributed by atoms with E-state index in [-0.39, 0.29) is 11.4 Å². The molecule has 106 valence electrons. The van der Waals surface area contributed by atoms with Gasteiger partial charge in [0.2, 0.25) is 5.91 Å². The number of nitrogens with zero attached hydrogens (tertiary/aromatic N) is 2. The van der Waals surface area contributed by atoms with E-state index in [1.54, 1.807) is 6.20 Å². The van der Waals surface area contributed by atoms with Crippen molar-refractivity contribution in [3.63, 3.8) is 0 Å². The van der Waals surface area contributed by atoms with E-state index in [0.29, 0.717) is 0 Å². The van der Waals surface area contributed by atoms with Crippen LogP contribution >= 0.6 is 0 Å². The predicted molar refractivity (Wildman–Crippen MR) is 80.8 cm³/mol. The lowest BCUT2D eigenvalue weighted by atomic mass is 9.75. The molecule has 0 saturated carbocycles. The smallest absolute Gasteiger partial charge is 0.245 e. The number of carbonyl (C=O) groups is 1. The van der Waals surface area contributed by atoms with Crippen LogP contribution in [0.4, 0.5) is 5.69 Å². The number of hydrogen-bond donors (Lipinski definition) is 1. The summed E-state index contributed by atoms with van der Waals surface area (Å²) in [5.74, 6) is 0.136. The maximum Gasteiger partial charge on any atom is 0.245 e. The predicted octanol–water partition coefficient (Wildman–Crippen LogP) is 2.22. The zero-order valence-electron chi connectivity index (χ0n) is 11.7. The van der Waals surface area contributed by atoms with Crippen LogP contribution in [0.25, 0.3) is 0 Å². The Labute approximate surface area is 123 Å². The van der Waals surface area contributed by atoms with Crippen LogP contribution in [0.2, 0.25) is 0 Å². The minimum absolute atomic E-state index is 0.136. The summed E-state index contributed by atoms with van der Waals surface area (Å²) in [4.78, 5) is 19.0. The van der Waals surface area contributed by atoms with E-state index in [4.69, 9.17) is 0 Å². The molecule has 1 fully saturated rings. The average Bonchev–Trinajstić information content (AvgIpc) is 2.52. The molecule has 3 heterocycles. The van der Waals surface area contributed by atoms with E-state index >= 15 is 0 Å². The molecule has 0 radical (unpaired) electrons. The number of para-hydroxylation sites is 1. The molecule has 0 aliphatic carbocycles. The molecule has 1 atom stereocenters. The number of hydrogen-bond acceptors (Lipinski definition) is 3. The summed E-state index contributed by atoms with van der Waals surface area (Å²) in [7, 11) is 0. The number of pyridine rings is 1. The minimum Gasteiger partial charge on any atom is -0.324 e. The van der Waals surface area contributed by atoms with Gasteiger partial charge in [-0.1, -0.05) is 24.3 Å².